The number of amides is 1. The largest absolute Gasteiger partial charge is 0.446 e. The van der Waals surface area contributed by atoms with Gasteiger partial charge in [-0.2, -0.15) is 13.2 Å². The molecule has 0 spiro atoms. The Labute approximate surface area is 177 Å². The van der Waals surface area contributed by atoms with Gasteiger partial charge < -0.3 is 9.73 Å². The van der Waals surface area contributed by atoms with Gasteiger partial charge in [0.25, 0.3) is 0 Å². The van der Waals surface area contributed by atoms with Crippen LogP contribution >= 0.6 is 27.7 Å². The van der Waals surface area contributed by atoms with Crippen molar-refractivity contribution in [2.45, 2.75) is 30.1 Å². The molecular formula is C18H16BrF3N4O2S. The maximum atomic E-state index is 12.3. The summed E-state index contributed by atoms with van der Waals surface area (Å²) >= 11 is 4.27. The molecule has 1 atom stereocenters. The zero-order valence-electron chi connectivity index (χ0n) is 15.1. The summed E-state index contributed by atoms with van der Waals surface area (Å²) in [6.45, 7) is 0.543. The predicted octanol–water partition coefficient (Wildman–Crippen LogP) is 4.51. The summed E-state index contributed by atoms with van der Waals surface area (Å²) in [6.07, 6.45) is -4.47. The van der Waals surface area contributed by atoms with Gasteiger partial charge in [0, 0.05) is 0 Å². The average Bonchev–Trinajstić information content (AvgIpc) is 3.26. The lowest BCUT2D eigenvalue weighted by Crippen LogP contribution is -2.38. The summed E-state index contributed by atoms with van der Waals surface area (Å²) in [6, 6.07) is 13.0. The van der Waals surface area contributed by atoms with Gasteiger partial charge >= 0.3 is 6.18 Å². The lowest BCUT2D eigenvalue weighted by Gasteiger charge is -2.14. The van der Waals surface area contributed by atoms with Gasteiger partial charge in [-0.25, -0.2) is 0 Å². The third-order valence-electron chi connectivity index (χ3n) is 3.81. The van der Waals surface area contributed by atoms with Crippen molar-refractivity contribution in [3.05, 3.63) is 52.7 Å². The summed E-state index contributed by atoms with van der Waals surface area (Å²) in [5.74, 6) is 0.190. The summed E-state index contributed by atoms with van der Waals surface area (Å²) < 4.78 is 44.9. The highest BCUT2D eigenvalue weighted by Gasteiger charge is 2.29. The van der Waals surface area contributed by atoms with Crippen LogP contribution < -0.4 is 5.32 Å². The molecule has 29 heavy (non-hydrogen) atoms. The second kappa shape index (κ2) is 9.04. The van der Waals surface area contributed by atoms with E-state index in [2.05, 4.69) is 26.1 Å². The number of nitrogens with one attached hydrogen (secondary N) is 1. The molecule has 0 aliphatic rings. The highest BCUT2D eigenvalue weighted by Crippen LogP contribution is 2.30. The number of nitrogens with zero attached hydrogens (tertiary/aromatic N) is 3. The Hall–Kier alpha value is -2.27. The van der Waals surface area contributed by atoms with E-state index in [9.17, 15) is 18.0 Å². The molecule has 1 N–H and O–H groups in total. The van der Waals surface area contributed by atoms with Crippen LogP contribution in [0, 0.1) is 0 Å². The Morgan fingerprint density at radius 2 is 1.97 bits per heavy atom. The van der Waals surface area contributed by atoms with Gasteiger partial charge in [0.15, 0.2) is 15.6 Å². The maximum absolute atomic E-state index is 12.3. The number of hydrogen-bond acceptors (Lipinski definition) is 5. The second-order valence-electron chi connectivity index (χ2n) is 6.07. The Kier molecular flexibility index (Phi) is 6.68. The fraction of sp³-hybridized carbons (Fsp3) is 0.278. The summed E-state index contributed by atoms with van der Waals surface area (Å²) in [5, 5.41) is 9.77. The van der Waals surface area contributed by atoms with Gasteiger partial charge in [-0.1, -0.05) is 42.1 Å². The van der Waals surface area contributed by atoms with Crippen molar-refractivity contribution < 1.29 is 22.4 Å². The standard InChI is InChI=1S/C18H16BrF3N4O2S/c1-11(16(27)23-10-18(20,21)22)29-17-25-24-15(13-7-8-14(19)28-13)26(17)9-12-5-3-2-4-6-12/h2-8,11H,9-10H2,1H3,(H,23,27). The summed E-state index contributed by atoms with van der Waals surface area (Å²) in [4.78, 5) is 12.0. The average molecular weight is 489 g/mol. The molecule has 6 nitrogen and oxygen atoms in total. The Bertz CT molecular complexity index is 975. The first-order valence-corrected chi connectivity index (χ1v) is 10.1. The number of halogens is 4. The van der Waals surface area contributed by atoms with Crippen LogP contribution in [0.3, 0.4) is 0 Å². The number of thioether (sulfide) groups is 1. The third kappa shape index (κ3) is 5.86. The van der Waals surface area contributed by atoms with Crippen LogP contribution in [0.25, 0.3) is 11.6 Å². The molecule has 1 amide bonds. The van der Waals surface area contributed by atoms with Crippen molar-refractivity contribution in [2.75, 3.05) is 6.54 Å². The number of alkyl halides is 3. The third-order valence-corrected chi connectivity index (χ3v) is 5.32. The fourth-order valence-corrected chi connectivity index (χ4v) is 3.62. The fourth-order valence-electron chi connectivity index (χ4n) is 2.44. The van der Waals surface area contributed by atoms with Crippen LogP contribution in [0.15, 0.2) is 56.7 Å². The van der Waals surface area contributed by atoms with Crippen LogP contribution in [0.1, 0.15) is 12.5 Å². The van der Waals surface area contributed by atoms with Gasteiger partial charge in [0.05, 0.1) is 11.8 Å². The van der Waals surface area contributed by atoms with Gasteiger partial charge in [0.1, 0.15) is 6.54 Å². The minimum absolute atomic E-state index is 0.394. The summed E-state index contributed by atoms with van der Waals surface area (Å²) in [7, 11) is 0. The lowest BCUT2D eigenvalue weighted by atomic mass is 10.2. The first-order chi connectivity index (χ1) is 13.7. The number of hydrogen-bond donors (Lipinski definition) is 1. The van der Waals surface area contributed by atoms with Crippen LogP contribution in [0.2, 0.25) is 0 Å². The van der Waals surface area contributed by atoms with E-state index in [-0.39, 0.29) is 0 Å². The molecule has 154 valence electrons. The molecule has 0 saturated heterocycles. The minimum Gasteiger partial charge on any atom is -0.446 e. The number of rotatable bonds is 7. The van der Waals surface area contributed by atoms with Crippen molar-refractivity contribution in [2.24, 2.45) is 0 Å². The van der Waals surface area contributed by atoms with Crippen molar-refractivity contribution in [1.29, 1.82) is 0 Å². The van der Waals surface area contributed by atoms with Crippen molar-refractivity contribution >= 4 is 33.6 Å². The maximum Gasteiger partial charge on any atom is 0.405 e. The summed E-state index contributed by atoms with van der Waals surface area (Å²) in [5.41, 5.74) is 0.968. The highest BCUT2D eigenvalue weighted by molar-refractivity contribution is 9.10. The number of aromatic nitrogens is 3. The Morgan fingerprint density at radius 1 is 1.24 bits per heavy atom. The van der Waals surface area contributed by atoms with E-state index in [1.165, 1.54) is 6.92 Å². The monoisotopic (exact) mass is 488 g/mol. The number of benzene rings is 1. The molecule has 1 unspecified atom stereocenters. The molecule has 0 bridgehead atoms. The van der Waals surface area contributed by atoms with Gasteiger partial charge in [-0.15, -0.1) is 10.2 Å². The normalized spacial score (nSPS) is 12.7. The number of carbonyl (C=O) groups excluding carboxylic acids is 1. The number of furan rings is 1. The predicted molar refractivity (Wildman–Crippen MR) is 105 cm³/mol. The molecule has 11 heteroatoms. The first-order valence-electron chi connectivity index (χ1n) is 8.47. The van der Waals surface area contributed by atoms with Crippen LogP contribution in [-0.4, -0.2) is 38.6 Å². The van der Waals surface area contributed by atoms with E-state index >= 15 is 0 Å². The molecule has 0 aliphatic heterocycles. The molecule has 0 radical (unpaired) electrons. The Morgan fingerprint density at radius 3 is 2.59 bits per heavy atom. The molecule has 0 aliphatic carbocycles. The SMILES string of the molecule is CC(Sc1nnc(-c2ccc(Br)o2)n1Cc1ccccc1)C(=O)NCC(F)(F)F. The molecule has 0 saturated carbocycles. The Balaban J connectivity index is 1.84. The lowest BCUT2D eigenvalue weighted by molar-refractivity contribution is -0.137. The van der Waals surface area contributed by atoms with E-state index in [0.717, 1.165) is 17.3 Å². The van der Waals surface area contributed by atoms with Gasteiger partial charge in [0.2, 0.25) is 11.7 Å². The first kappa shape index (κ1) is 21.4. The van der Waals surface area contributed by atoms with E-state index < -0.39 is 23.9 Å². The van der Waals surface area contributed by atoms with Crippen molar-refractivity contribution in [3.63, 3.8) is 0 Å². The molecule has 2 aromatic heterocycles. The zero-order chi connectivity index (χ0) is 21.0. The van der Waals surface area contributed by atoms with Crippen LogP contribution in [0.4, 0.5) is 13.2 Å². The smallest absolute Gasteiger partial charge is 0.405 e. The molecular weight excluding hydrogens is 473 g/mol. The molecule has 3 rings (SSSR count). The van der Waals surface area contributed by atoms with Crippen LogP contribution in [-0.2, 0) is 11.3 Å². The van der Waals surface area contributed by atoms with E-state index in [1.807, 2.05) is 35.6 Å². The minimum atomic E-state index is -4.47. The van der Waals surface area contributed by atoms with E-state index in [0.29, 0.717) is 28.0 Å². The number of carbonyl (C=O) groups is 1. The van der Waals surface area contributed by atoms with E-state index in [4.69, 9.17) is 4.42 Å². The zero-order valence-corrected chi connectivity index (χ0v) is 17.5. The topological polar surface area (TPSA) is 73.0 Å². The molecule has 3 aromatic rings. The highest BCUT2D eigenvalue weighted by atomic mass is 79.9. The quantitative estimate of drug-likeness (QED) is 0.495. The van der Waals surface area contributed by atoms with Crippen LogP contribution in [0.5, 0.6) is 0 Å². The molecule has 1 aromatic carbocycles. The van der Waals surface area contributed by atoms with Gasteiger partial charge in [-0.05, 0) is 40.5 Å². The molecule has 0 fully saturated rings. The second-order valence-corrected chi connectivity index (χ2v) is 8.16. The van der Waals surface area contributed by atoms with Gasteiger partial charge in [-0.3, -0.25) is 9.36 Å². The van der Waals surface area contributed by atoms with Crippen molar-refractivity contribution in [1.82, 2.24) is 20.1 Å². The van der Waals surface area contributed by atoms with Crippen molar-refractivity contribution in [3.8, 4) is 11.6 Å². The van der Waals surface area contributed by atoms with E-state index in [1.54, 1.807) is 16.7 Å². The molecule has 2 heterocycles.